The van der Waals surface area contributed by atoms with Gasteiger partial charge in [-0.1, -0.05) is 12.1 Å². The van der Waals surface area contributed by atoms with Gasteiger partial charge >= 0.3 is 0 Å². The predicted octanol–water partition coefficient (Wildman–Crippen LogP) is 0.750. The van der Waals surface area contributed by atoms with E-state index in [1.54, 1.807) is 13.4 Å². The van der Waals surface area contributed by atoms with Gasteiger partial charge in [-0.25, -0.2) is 9.67 Å². The average Bonchev–Trinajstić information content (AvgIpc) is 3.15. The Balaban J connectivity index is 1.57. The van der Waals surface area contributed by atoms with Crippen molar-refractivity contribution in [3.05, 3.63) is 47.5 Å². The molecule has 2 aromatic rings. The van der Waals surface area contributed by atoms with Gasteiger partial charge in [0.1, 0.15) is 12.2 Å². The molecule has 0 aliphatic carbocycles. The van der Waals surface area contributed by atoms with Crippen LogP contribution in [-0.2, 0) is 19.4 Å². The van der Waals surface area contributed by atoms with Crippen molar-refractivity contribution in [2.75, 3.05) is 20.1 Å². The molecule has 1 aliphatic heterocycles. The molecule has 1 atom stereocenters. The Hall–Kier alpha value is -2.90. The number of carbonyl (C=O) groups is 1. The molecule has 1 aliphatic rings. The van der Waals surface area contributed by atoms with Crippen LogP contribution >= 0.6 is 0 Å². The van der Waals surface area contributed by atoms with Crippen molar-refractivity contribution >= 4 is 11.9 Å². The number of aliphatic imine (C=N–C) groups is 1. The largest absolute Gasteiger partial charge is 0.357 e. The van der Waals surface area contributed by atoms with Crippen molar-refractivity contribution in [2.45, 2.75) is 38.8 Å². The molecular weight excluding hydrogens is 342 g/mol. The molecule has 0 bridgehead atoms. The maximum Gasteiger partial charge on any atom is 0.251 e. The summed E-state index contributed by atoms with van der Waals surface area (Å²) in [5.74, 6) is 1.79. The van der Waals surface area contributed by atoms with Crippen molar-refractivity contribution in [1.82, 2.24) is 30.7 Å². The molecule has 0 spiro atoms. The summed E-state index contributed by atoms with van der Waals surface area (Å²) in [5.41, 5.74) is 1.77. The van der Waals surface area contributed by atoms with Gasteiger partial charge in [-0.3, -0.25) is 9.79 Å². The second-order valence-corrected chi connectivity index (χ2v) is 6.53. The Morgan fingerprint density at radius 1 is 1.41 bits per heavy atom. The van der Waals surface area contributed by atoms with Crippen molar-refractivity contribution in [3.8, 4) is 0 Å². The third-order valence-corrected chi connectivity index (χ3v) is 4.58. The number of aromatic nitrogens is 3. The maximum absolute atomic E-state index is 11.8. The minimum Gasteiger partial charge on any atom is -0.357 e. The SMILES string of the molecule is CCNC(=NCCc1cccc(C(=O)NC)c1)NC1CCc2ncnn2C1. The first kappa shape index (κ1) is 18.9. The molecule has 0 fully saturated rings. The highest BCUT2D eigenvalue weighted by Crippen LogP contribution is 2.11. The predicted molar refractivity (Wildman–Crippen MR) is 105 cm³/mol. The molecule has 0 radical (unpaired) electrons. The lowest BCUT2D eigenvalue weighted by Crippen LogP contribution is -2.47. The summed E-state index contributed by atoms with van der Waals surface area (Å²) in [6, 6.07) is 7.95. The van der Waals surface area contributed by atoms with Crippen LogP contribution in [0.1, 0.15) is 35.1 Å². The average molecular weight is 369 g/mol. The first-order valence-corrected chi connectivity index (χ1v) is 9.42. The monoisotopic (exact) mass is 369 g/mol. The van der Waals surface area contributed by atoms with Crippen LogP contribution in [-0.4, -0.2) is 52.8 Å². The smallest absolute Gasteiger partial charge is 0.251 e. The van der Waals surface area contributed by atoms with Crippen molar-refractivity contribution in [3.63, 3.8) is 0 Å². The van der Waals surface area contributed by atoms with Crippen LogP contribution in [0.3, 0.4) is 0 Å². The summed E-state index contributed by atoms with van der Waals surface area (Å²) in [6.45, 7) is 4.31. The van der Waals surface area contributed by atoms with Gasteiger partial charge in [0.05, 0.1) is 6.54 Å². The number of amides is 1. The molecule has 1 aromatic carbocycles. The number of benzene rings is 1. The number of guanidine groups is 1. The number of carbonyl (C=O) groups excluding carboxylic acids is 1. The number of rotatable bonds is 6. The lowest BCUT2D eigenvalue weighted by atomic mass is 10.1. The molecular formula is C19H27N7O. The quantitative estimate of drug-likeness (QED) is 0.516. The van der Waals surface area contributed by atoms with Crippen molar-refractivity contribution < 1.29 is 4.79 Å². The van der Waals surface area contributed by atoms with Crippen molar-refractivity contribution in [2.24, 2.45) is 4.99 Å². The molecule has 8 nitrogen and oxygen atoms in total. The summed E-state index contributed by atoms with van der Waals surface area (Å²) >= 11 is 0. The standard InChI is InChI=1S/C19H27N7O/c1-3-21-19(25-16-7-8-17-23-13-24-26(17)12-16)22-10-9-14-5-4-6-15(11-14)18(27)20-2/h4-6,11,13,16H,3,7-10,12H2,1-2H3,(H,20,27)(H2,21,22,25). The number of nitrogens with one attached hydrogen (secondary N) is 3. The minimum atomic E-state index is -0.0693. The fraction of sp³-hybridized carbons (Fsp3) is 0.474. The van der Waals surface area contributed by atoms with Gasteiger partial charge in [-0.15, -0.1) is 0 Å². The van der Waals surface area contributed by atoms with Gasteiger partial charge in [0, 0.05) is 38.2 Å². The zero-order valence-corrected chi connectivity index (χ0v) is 15.9. The minimum absolute atomic E-state index is 0.0693. The van der Waals surface area contributed by atoms with E-state index < -0.39 is 0 Å². The number of hydrogen-bond acceptors (Lipinski definition) is 4. The summed E-state index contributed by atoms with van der Waals surface area (Å²) in [4.78, 5) is 20.7. The van der Waals surface area contributed by atoms with Gasteiger partial charge in [-0.05, 0) is 37.5 Å². The number of fused-ring (bicyclic) bond motifs is 1. The Bertz CT molecular complexity index is 799. The molecule has 0 saturated heterocycles. The lowest BCUT2D eigenvalue weighted by molar-refractivity contribution is 0.0963. The molecule has 3 N–H and O–H groups in total. The van der Waals surface area contributed by atoms with E-state index in [1.165, 1.54) is 0 Å². The lowest BCUT2D eigenvalue weighted by Gasteiger charge is -2.25. The third-order valence-electron chi connectivity index (χ3n) is 4.58. The zero-order valence-electron chi connectivity index (χ0n) is 15.9. The number of aryl methyl sites for hydroxylation is 1. The van der Waals surface area contributed by atoms with Crippen LogP contribution in [0.2, 0.25) is 0 Å². The Morgan fingerprint density at radius 2 is 2.30 bits per heavy atom. The topological polar surface area (TPSA) is 96.2 Å². The fourth-order valence-corrected chi connectivity index (χ4v) is 3.18. The van der Waals surface area contributed by atoms with E-state index in [9.17, 15) is 4.79 Å². The molecule has 27 heavy (non-hydrogen) atoms. The van der Waals surface area contributed by atoms with Gasteiger partial charge in [0.15, 0.2) is 5.96 Å². The summed E-state index contributed by atoms with van der Waals surface area (Å²) in [6.07, 6.45) is 4.32. The molecule has 1 aromatic heterocycles. The van der Waals surface area contributed by atoms with E-state index in [-0.39, 0.29) is 11.9 Å². The van der Waals surface area contributed by atoms with E-state index in [0.29, 0.717) is 12.1 Å². The van der Waals surface area contributed by atoms with Crippen LogP contribution < -0.4 is 16.0 Å². The normalized spacial score (nSPS) is 16.5. The second kappa shape index (κ2) is 9.16. The van der Waals surface area contributed by atoms with E-state index in [0.717, 1.165) is 49.7 Å². The second-order valence-electron chi connectivity index (χ2n) is 6.53. The maximum atomic E-state index is 11.8. The molecule has 144 valence electrons. The Morgan fingerprint density at radius 3 is 3.11 bits per heavy atom. The molecule has 2 heterocycles. The molecule has 1 unspecified atom stereocenters. The molecule has 3 rings (SSSR count). The highest BCUT2D eigenvalue weighted by Gasteiger charge is 2.20. The summed E-state index contributed by atoms with van der Waals surface area (Å²) in [5, 5.41) is 13.7. The first-order valence-electron chi connectivity index (χ1n) is 9.42. The van der Waals surface area contributed by atoms with E-state index in [1.807, 2.05) is 28.9 Å². The van der Waals surface area contributed by atoms with Crippen LogP contribution in [0, 0.1) is 0 Å². The van der Waals surface area contributed by atoms with Crippen LogP contribution in [0.15, 0.2) is 35.6 Å². The fourth-order valence-electron chi connectivity index (χ4n) is 3.18. The first-order chi connectivity index (χ1) is 13.2. The highest BCUT2D eigenvalue weighted by molar-refractivity contribution is 5.94. The highest BCUT2D eigenvalue weighted by atomic mass is 16.1. The van der Waals surface area contributed by atoms with E-state index in [2.05, 4.69) is 37.9 Å². The molecule has 8 heteroatoms. The van der Waals surface area contributed by atoms with Crippen molar-refractivity contribution in [1.29, 1.82) is 0 Å². The summed E-state index contributed by atoms with van der Waals surface area (Å²) < 4.78 is 1.95. The number of hydrogen-bond donors (Lipinski definition) is 3. The van der Waals surface area contributed by atoms with Gasteiger partial charge in [-0.2, -0.15) is 5.10 Å². The van der Waals surface area contributed by atoms with E-state index >= 15 is 0 Å². The molecule has 1 amide bonds. The third kappa shape index (κ3) is 5.06. The van der Waals surface area contributed by atoms with Crippen LogP contribution in [0.5, 0.6) is 0 Å². The van der Waals surface area contributed by atoms with Crippen LogP contribution in [0.4, 0.5) is 0 Å². The van der Waals surface area contributed by atoms with Gasteiger partial charge in [0.2, 0.25) is 0 Å². The van der Waals surface area contributed by atoms with E-state index in [4.69, 9.17) is 0 Å². The number of nitrogens with zero attached hydrogens (tertiary/aromatic N) is 4. The zero-order chi connectivity index (χ0) is 19.1. The van der Waals surface area contributed by atoms with Crippen LogP contribution in [0.25, 0.3) is 0 Å². The summed E-state index contributed by atoms with van der Waals surface area (Å²) in [7, 11) is 1.64. The Kier molecular flexibility index (Phi) is 6.40. The van der Waals surface area contributed by atoms with Gasteiger partial charge < -0.3 is 16.0 Å². The Labute approximate surface area is 159 Å². The molecule has 0 saturated carbocycles. The van der Waals surface area contributed by atoms with Gasteiger partial charge in [0.25, 0.3) is 5.91 Å².